The van der Waals surface area contributed by atoms with E-state index in [1.165, 1.54) is 14.2 Å². The van der Waals surface area contributed by atoms with Gasteiger partial charge in [-0.1, -0.05) is 6.07 Å². The zero-order chi connectivity index (χ0) is 15.2. The molecule has 4 N–H and O–H groups in total. The number of amides is 1. The second-order valence-corrected chi connectivity index (χ2v) is 4.25. The van der Waals surface area contributed by atoms with Crippen LogP contribution in [0.4, 0.5) is 0 Å². The van der Waals surface area contributed by atoms with E-state index < -0.39 is 31.3 Å². The highest BCUT2D eigenvalue weighted by molar-refractivity contribution is 6.00. The summed E-state index contributed by atoms with van der Waals surface area (Å²) in [6.45, 7) is -1.82. The van der Waals surface area contributed by atoms with Gasteiger partial charge in [0.05, 0.1) is 34.0 Å². The zero-order valence-corrected chi connectivity index (χ0v) is 11.4. The van der Waals surface area contributed by atoms with Crippen LogP contribution in [0.15, 0.2) is 18.2 Å². The van der Waals surface area contributed by atoms with Gasteiger partial charge in [0, 0.05) is 0 Å². The van der Waals surface area contributed by atoms with Crippen LogP contribution in [-0.4, -0.2) is 60.8 Å². The first kappa shape index (κ1) is 16.2. The molecule has 7 heteroatoms. The van der Waals surface area contributed by atoms with Gasteiger partial charge >= 0.3 is 0 Å². The van der Waals surface area contributed by atoms with Crippen molar-refractivity contribution in [1.82, 2.24) is 5.32 Å². The Morgan fingerprint density at radius 2 is 1.55 bits per heavy atom. The van der Waals surface area contributed by atoms with Crippen LogP contribution in [-0.2, 0) is 0 Å². The number of nitrogens with one attached hydrogen (secondary N) is 1. The molecule has 0 unspecified atom stereocenters. The third-order valence-electron chi connectivity index (χ3n) is 2.94. The van der Waals surface area contributed by atoms with Gasteiger partial charge in [-0.3, -0.25) is 4.79 Å². The van der Waals surface area contributed by atoms with Gasteiger partial charge in [-0.2, -0.15) is 0 Å². The molecule has 1 aromatic carbocycles. The molecule has 0 aliphatic carbocycles. The van der Waals surface area contributed by atoms with Crippen molar-refractivity contribution in [2.75, 3.05) is 34.0 Å². The normalized spacial score (nSPS) is 11.1. The molecule has 0 fully saturated rings. The van der Waals surface area contributed by atoms with Crippen molar-refractivity contribution in [3.63, 3.8) is 0 Å². The average molecular weight is 285 g/mol. The molecule has 0 atom stereocenters. The Bertz CT molecular complexity index is 428. The van der Waals surface area contributed by atoms with E-state index in [4.69, 9.17) is 9.47 Å². The first-order valence-corrected chi connectivity index (χ1v) is 5.93. The lowest BCUT2D eigenvalue weighted by molar-refractivity contribution is 0.0373. The molecule has 0 spiro atoms. The molecule has 20 heavy (non-hydrogen) atoms. The number of rotatable bonds is 7. The zero-order valence-electron chi connectivity index (χ0n) is 11.4. The highest BCUT2D eigenvalue weighted by atomic mass is 16.5. The Morgan fingerprint density at radius 1 is 1.10 bits per heavy atom. The van der Waals surface area contributed by atoms with Crippen LogP contribution in [0.25, 0.3) is 0 Å². The number of methoxy groups -OCH3 is 2. The van der Waals surface area contributed by atoms with Gasteiger partial charge in [0.1, 0.15) is 22.6 Å². The number of benzene rings is 1. The largest absolute Gasteiger partial charge is 0.496 e. The van der Waals surface area contributed by atoms with Crippen molar-refractivity contribution < 1.29 is 29.6 Å². The number of hydrogen-bond acceptors (Lipinski definition) is 6. The summed E-state index contributed by atoms with van der Waals surface area (Å²) in [6.07, 6.45) is 0. The minimum Gasteiger partial charge on any atom is -0.496 e. The van der Waals surface area contributed by atoms with E-state index in [0.29, 0.717) is 0 Å². The summed E-state index contributed by atoms with van der Waals surface area (Å²) in [7, 11) is 2.81. The number of aliphatic hydroxyl groups is 3. The van der Waals surface area contributed by atoms with Crippen molar-refractivity contribution in [3.05, 3.63) is 23.8 Å². The van der Waals surface area contributed by atoms with Crippen LogP contribution in [0.3, 0.4) is 0 Å². The Labute approximate surface area is 116 Å². The fourth-order valence-electron chi connectivity index (χ4n) is 1.65. The quantitative estimate of drug-likeness (QED) is 0.520. The average Bonchev–Trinajstić information content (AvgIpc) is 2.51. The molecule has 7 nitrogen and oxygen atoms in total. The minimum absolute atomic E-state index is 0.122. The number of ether oxygens (including phenoxy) is 2. The molecule has 0 bridgehead atoms. The second kappa shape index (κ2) is 7.09. The second-order valence-electron chi connectivity index (χ2n) is 4.25. The van der Waals surface area contributed by atoms with Crippen LogP contribution in [0.1, 0.15) is 10.4 Å². The van der Waals surface area contributed by atoms with E-state index in [0.717, 1.165) is 0 Å². The Kier molecular flexibility index (Phi) is 5.75. The first-order chi connectivity index (χ1) is 9.57. The van der Waals surface area contributed by atoms with Gasteiger partial charge in [-0.05, 0) is 12.1 Å². The number of carbonyl (C=O) groups is 1. The number of aliphatic hydroxyl groups excluding tert-OH is 3. The van der Waals surface area contributed by atoms with Crippen molar-refractivity contribution in [2.24, 2.45) is 0 Å². The summed E-state index contributed by atoms with van der Waals surface area (Å²) < 4.78 is 10.2. The highest BCUT2D eigenvalue weighted by Gasteiger charge is 2.32. The third kappa shape index (κ3) is 3.19. The van der Waals surface area contributed by atoms with Crippen molar-refractivity contribution >= 4 is 5.91 Å². The molecule has 112 valence electrons. The van der Waals surface area contributed by atoms with E-state index in [1.807, 2.05) is 0 Å². The summed E-state index contributed by atoms with van der Waals surface area (Å²) in [4.78, 5) is 12.3. The SMILES string of the molecule is COc1cccc(OC)c1C(=O)NC(CO)(CO)CO. The summed E-state index contributed by atoms with van der Waals surface area (Å²) in [6, 6.07) is 4.82. The molecule has 0 radical (unpaired) electrons. The fraction of sp³-hybridized carbons (Fsp3) is 0.462. The van der Waals surface area contributed by atoms with E-state index in [-0.39, 0.29) is 17.1 Å². The lowest BCUT2D eigenvalue weighted by Crippen LogP contribution is -2.57. The standard InChI is InChI=1S/C13H19NO6/c1-19-9-4-3-5-10(20-2)11(9)12(18)14-13(6-15,7-16)8-17/h3-5,15-17H,6-8H2,1-2H3,(H,14,18). The van der Waals surface area contributed by atoms with Gasteiger partial charge in [0.2, 0.25) is 0 Å². The minimum atomic E-state index is -1.51. The summed E-state index contributed by atoms with van der Waals surface area (Å²) in [5.74, 6) is -0.0643. The molecule has 1 aromatic rings. The van der Waals surface area contributed by atoms with E-state index >= 15 is 0 Å². The third-order valence-corrected chi connectivity index (χ3v) is 2.94. The summed E-state index contributed by atoms with van der Waals surface area (Å²) in [5, 5.41) is 30.1. The van der Waals surface area contributed by atoms with Crippen LogP contribution < -0.4 is 14.8 Å². The van der Waals surface area contributed by atoms with Gasteiger partial charge in [-0.15, -0.1) is 0 Å². The molecule has 0 heterocycles. The number of carbonyl (C=O) groups excluding carboxylic acids is 1. The van der Waals surface area contributed by atoms with E-state index in [2.05, 4.69) is 5.32 Å². The maximum Gasteiger partial charge on any atom is 0.259 e. The van der Waals surface area contributed by atoms with Gasteiger partial charge < -0.3 is 30.1 Å². The van der Waals surface area contributed by atoms with Crippen LogP contribution in [0, 0.1) is 0 Å². The molecule has 0 aliphatic heterocycles. The fourth-order valence-corrected chi connectivity index (χ4v) is 1.65. The number of hydrogen-bond donors (Lipinski definition) is 4. The molecule has 0 saturated carbocycles. The maximum atomic E-state index is 12.3. The summed E-state index contributed by atoms with van der Waals surface area (Å²) in [5.41, 5.74) is -1.39. The van der Waals surface area contributed by atoms with E-state index in [1.54, 1.807) is 18.2 Å². The highest BCUT2D eigenvalue weighted by Crippen LogP contribution is 2.28. The van der Waals surface area contributed by atoms with Gasteiger partial charge in [0.15, 0.2) is 0 Å². The van der Waals surface area contributed by atoms with Crippen molar-refractivity contribution in [1.29, 1.82) is 0 Å². The molecule has 1 rings (SSSR count). The van der Waals surface area contributed by atoms with E-state index in [9.17, 15) is 20.1 Å². The Balaban J connectivity index is 3.14. The molecule has 0 saturated heterocycles. The molecular weight excluding hydrogens is 266 g/mol. The van der Waals surface area contributed by atoms with Crippen LogP contribution >= 0.6 is 0 Å². The van der Waals surface area contributed by atoms with Crippen LogP contribution in [0.2, 0.25) is 0 Å². The molecule has 0 aromatic heterocycles. The Hall–Kier alpha value is -1.83. The topological polar surface area (TPSA) is 108 Å². The lowest BCUT2D eigenvalue weighted by atomic mass is 10.0. The summed E-state index contributed by atoms with van der Waals surface area (Å²) >= 11 is 0. The predicted molar refractivity (Wildman–Crippen MR) is 71.0 cm³/mol. The molecular formula is C13H19NO6. The predicted octanol–water partition coefficient (Wildman–Crippen LogP) is -0.851. The lowest BCUT2D eigenvalue weighted by Gasteiger charge is -2.29. The van der Waals surface area contributed by atoms with Gasteiger partial charge in [-0.25, -0.2) is 0 Å². The molecule has 0 aliphatic rings. The van der Waals surface area contributed by atoms with Gasteiger partial charge in [0.25, 0.3) is 5.91 Å². The van der Waals surface area contributed by atoms with Crippen molar-refractivity contribution in [3.8, 4) is 11.5 Å². The molecule has 1 amide bonds. The first-order valence-electron chi connectivity index (χ1n) is 5.93. The smallest absolute Gasteiger partial charge is 0.259 e. The van der Waals surface area contributed by atoms with Crippen LogP contribution in [0.5, 0.6) is 11.5 Å². The monoisotopic (exact) mass is 285 g/mol. The Morgan fingerprint density at radius 3 is 1.90 bits per heavy atom. The van der Waals surface area contributed by atoms with Crippen molar-refractivity contribution in [2.45, 2.75) is 5.54 Å². The maximum absolute atomic E-state index is 12.3.